The summed E-state index contributed by atoms with van der Waals surface area (Å²) >= 11 is 0. The Labute approximate surface area is 129 Å². The van der Waals surface area contributed by atoms with E-state index in [0.29, 0.717) is 6.42 Å². The van der Waals surface area contributed by atoms with Crippen LogP contribution in [0.2, 0.25) is 0 Å². The fourth-order valence-electron chi connectivity index (χ4n) is 2.72. The molecule has 1 aliphatic rings. The van der Waals surface area contributed by atoms with Crippen LogP contribution >= 0.6 is 0 Å². The minimum atomic E-state index is -0.506. The van der Waals surface area contributed by atoms with Crippen molar-refractivity contribution in [1.29, 1.82) is 0 Å². The van der Waals surface area contributed by atoms with Gasteiger partial charge in [0.15, 0.2) is 0 Å². The maximum atomic E-state index is 12.2. The van der Waals surface area contributed by atoms with E-state index >= 15 is 0 Å². The first-order valence-corrected chi connectivity index (χ1v) is 7.25. The monoisotopic (exact) mass is 294 g/mol. The molecule has 3 rings (SSSR count). The molecule has 0 unspecified atom stereocenters. The highest BCUT2D eigenvalue weighted by Gasteiger charge is 2.60. The molecule has 1 fully saturated rings. The molecule has 4 nitrogen and oxygen atoms in total. The van der Waals surface area contributed by atoms with E-state index in [-0.39, 0.29) is 11.8 Å². The molecule has 2 atom stereocenters. The van der Waals surface area contributed by atoms with Crippen LogP contribution in [-0.2, 0) is 15.1 Å². The van der Waals surface area contributed by atoms with Gasteiger partial charge in [0.05, 0.1) is 12.1 Å². The molecule has 1 N–H and O–H groups in total. The predicted octanol–water partition coefficient (Wildman–Crippen LogP) is 2.70. The van der Waals surface area contributed by atoms with Crippen LogP contribution in [0.5, 0.6) is 0 Å². The van der Waals surface area contributed by atoms with E-state index in [9.17, 15) is 4.79 Å². The first-order valence-electron chi connectivity index (χ1n) is 7.25. The predicted molar refractivity (Wildman–Crippen MR) is 85.4 cm³/mol. The van der Waals surface area contributed by atoms with Crippen LogP contribution in [-0.4, -0.2) is 19.2 Å². The molecule has 0 aromatic heterocycles. The van der Waals surface area contributed by atoms with Gasteiger partial charge in [0, 0.05) is 7.11 Å². The van der Waals surface area contributed by atoms with Gasteiger partial charge in [0.25, 0.3) is 0 Å². The third-order valence-corrected chi connectivity index (χ3v) is 4.04. The molecule has 0 saturated heterocycles. The minimum absolute atomic E-state index is 0.113. The zero-order valence-electron chi connectivity index (χ0n) is 12.4. The summed E-state index contributed by atoms with van der Waals surface area (Å²) in [5.41, 5.74) is 4.07. The second-order valence-electron chi connectivity index (χ2n) is 5.36. The van der Waals surface area contributed by atoms with Crippen LogP contribution < -0.4 is 5.43 Å². The highest BCUT2D eigenvalue weighted by atomic mass is 16.5. The normalized spacial score (nSPS) is 23.4. The Morgan fingerprint density at radius 1 is 1.18 bits per heavy atom. The topological polar surface area (TPSA) is 50.7 Å². The van der Waals surface area contributed by atoms with E-state index in [1.807, 2.05) is 60.7 Å². The van der Waals surface area contributed by atoms with Crippen LogP contribution in [0.1, 0.15) is 17.5 Å². The van der Waals surface area contributed by atoms with Crippen molar-refractivity contribution in [3.63, 3.8) is 0 Å². The van der Waals surface area contributed by atoms with Crippen LogP contribution in [0.3, 0.4) is 0 Å². The number of hydrazone groups is 1. The van der Waals surface area contributed by atoms with Gasteiger partial charge >= 0.3 is 0 Å². The molecule has 1 saturated carbocycles. The van der Waals surface area contributed by atoms with E-state index in [0.717, 1.165) is 11.1 Å². The van der Waals surface area contributed by atoms with E-state index < -0.39 is 5.60 Å². The lowest BCUT2D eigenvalue weighted by atomic mass is 10.1. The molecule has 2 aromatic rings. The van der Waals surface area contributed by atoms with Crippen molar-refractivity contribution >= 4 is 12.1 Å². The Morgan fingerprint density at radius 3 is 2.45 bits per heavy atom. The number of carbonyl (C=O) groups is 1. The smallest absolute Gasteiger partial charge is 0.246 e. The summed E-state index contributed by atoms with van der Waals surface area (Å²) in [5.74, 6) is -0.314. The van der Waals surface area contributed by atoms with Crippen molar-refractivity contribution in [1.82, 2.24) is 5.43 Å². The first kappa shape index (κ1) is 14.5. The fraction of sp³-hybridized carbons (Fsp3) is 0.222. The maximum Gasteiger partial charge on any atom is 0.246 e. The lowest BCUT2D eigenvalue weighted by Gasteiger charge is -2.15. The summed E-state index contributed by atoms with van der Waals surface area (Å²) in [6.45, 7) is 0. The third kappa shape index (κ3) is 2.78. The summed E-state index contributed by atoms with van der Waals surface area (Å²) in [6.07, 6.45) is 2.32. The van der Waals surface area contributed by atoms with Crippen molar-refractivity contribution < 1.29 is 9.53 Å². The Bertz CT molecular complexity index is 670. The average molecular weight is 294 g/mol. The lowest BCUT2D eigenvalue weighted by molar-refractivity contribution is -0.124. The number of nitrogens with zero attached hydrogens (tertiary/aromatic N) is 1. The number of methoxy groups -OCH3 is 1. The van der Waals surface area contributed by atoms with Gasteiger partial charge in [0.1, 0.15) is 5.60 Å². The standard InChI is InChI=1S/C18H18N2O2/c1-22-18(15-10-6-3-7-11-15)12-16(18)17(21)20-19-13-14-8-4-2-5-9-14/h2-11,13,16H,12H2,1H3,(H,20,21)/t16-,18-/m1/s1. The van der Waals surface area contributed by atoms with Crippen LogP contribution in [0.25, 0.3) is 0 Å². The van der Waals surface area contributed by atoms with Crippen LogP contribution in [0.15, 0.2) is 65.8 Å². The van der Waals surface area contributed by atoms with E-state index in [4.69, 9.17) is 4.74 Å². The molecule has 0 bridgehead atoms. The zero-order valence-corrected chi connectivity index (χ0v) is 12.4. The fourth-order valence-corrected chi connectivity index (χ4v) is 2.72. The number of carbonyl (C=O) groups excluding carboxylic acids is 1. The first-order chi connectivity index (χ1) is 10.8. The van der Waals surface area contributed by atoms with Crippen molar-refractivity contribution in [3.8, 4) is 0 Å². The highest BCUT2D eigenvalue weighted by molar-refractivity contribution is 5.86. The van der Waals surface area contributed by atoms with Gasteiger partial charge in [-0.1, -0.05) is 60.7 Å². The summed E-state index contributed by atoms with van der Waals surface area (Å²) < 4.78 is 5.62. The number of amides is 1. The number of ether oxygens (including phenoxy) is 1. The van der Waals surface area contributed by atoms with Crippen LogP contribution in [0, 0.1) is 5.92 Å². The van der Waals surface area contributed by atoms with Crippen molar-refractivity contribution in [3.05, 3.63) is 71.8 Å². The van der Waals surface area contributed by atoms with Gasteiger partial charge in [-0.2, -0.15) is 5.10 Å². The molecule has 2 aromatic carbocycles. The highest BCUT2D eigenvalue weighted by Crippen LogP contribution is 2.54. The molecule has 0 aliphatic heterocycles. The largest absolute Gasteiger partial charge is 0.373 e. The molecule has 1 aliphatic carbocycles. The van der Waals surface area contributed by atoms with E-state index in [2.05, 4.69) is 10.5 Å². The van der Waals surface area contributed by atoms with Gasteiger partial charge < -0.3 is 4.74 Å². The zero-order chi connectivity index (χ0) is 15.4. The summed E-state index contributed by atoms with van der Waals surface area (Å²) in [5, 5.41) is 4.02. The average Bonchev–Trinajstić information content (AvgIpc) is 3.33. The third-order valence-electron chi connectivity index (χ3n) is 4.04. The van der Waals surface area contributed by atoms with Gasteiger partial charge in [-0.3, -0.25) is 4.79 Å². The Hall–Kier alpha value is -2.46. The summed E-state index contributed by atoms with van der Waals surface area (Å²) in [7, 11) is 1.65. The maximum absolute atomic E-state index is 12.2. The number of rotatable bonds is 5. The summed E-state index contributed by atoms with van der Waals surface area (Å²) in [4.78, 5) is 12.2. The van der Waals surface area contributed by atoms with Crippen LogP contribution in [0.4, 0.5) is 0 Å². The second-order valence-corrected chi connectivity index (χ2v) is 5.36. The molecule has 112 valence electrons. The molecule has 4 heteroatoms. The minimum Gasteiger partial charge on any atom is -0.373 e. The number of hydrogen-bond acceptors (Lipinski definition) is 3. The number of benzene rings is 2. The number of hydrogen-bond donors (Lipinski definition) is 1. The van der Waals surface area contributed by atoms with Crippen molar-refractivity contribution in [2.75, 3.05) is 7.11 Å². The molecule has 1 amide bonds. The lowest BCUT2D eigenvalue weighted by Crippen LogP contribution is -2.25. The molecule has 0 radical (unpaired) electrons. The quantitative estimate of drug-likeness (QED) is 0.681. The van der Waals surface area contributed by atoms with Gasteiger partial charge in [0.2, 0.25) is 5.91 Å². The SMILES string of the molecule is CO[C@@]1(c2ccccc2)C[C@@H]1C(=O)NN=Cc1ccccc1. The van der Waals surface area contributed by atoms with Crippen molar-refractivity contribution in [2.24, 2.45) is 11.0 Å². The van der Waals surface area contributed by atoms with Gasteiger partial charge in [-0.15, -0.1) is 0 Å². The summed E-state index contributed by atoms with van der Waals surface area (Å²) in [6, 6.07) is 19.5. The number of nitrogens with one attached hydrogen (secondary N) is 1. The Kier molecular flexibility index (Phi) is 4.02. The van der Waals surface area contributed by atoms with E-state index in [1.54, 1.807) is 13.3 Å². The van der Waals surface area contributed by atoms with E-state index in [1.165, 1.54) is 0 Å². The van der Waals surface area contributed by atoms with Gasteiger partial charge in [-0.25, -0.2) is 5.43 Å². The molecular formula is C18H18N2O2. The molecule has 22 heavy (non-hydrogen) atoms. The second kappa shape index (κ2) is 6.12. The molecular weight excluding hydrogens is 276 g/mol. The Morgan fingerprint density at radius 2 is 1.82 bits per heavy atom. The molecule has 0 spiro atoms. The Balaban J connectivity index is 1.64. The van der Waals surface area contributed by atoms with Crippen molar-refractivity contribution in [2.45, 2.75) is 12.0 Å². The van der Waals surface area contributed by atoms with Gasteiger partial charge in [-0.05, 0) is 17.5 Å². The molecule has 0 heterocycles.